The van der Waals surface area contributed by atoms with E-state index in [0.29, 0.717) is 5.69 Å². The van der Waals surface area contributed by atoms with Crippen molar-refractivity contribution in [1.29, 1.82) is 0 Å². The number of nitrogens with two attached hydrogens (primary N) is 1. The average molecular weight is 408 g/mol. The number of nitrogens with one attached hydrogen (secondary N) is 1. The minimum absolute atomic E-state index is 0. The predicted octanol–water partition coefficient (Wildman–Crippen LogP) is 5.25. The number of aromatic nitrogens is 3. The number of halogens is 1. The minimum atomic E-state index is 0. The maximum Gasteiger partial charge on any atom is 0.160 e. The van der Waals surface area contributed by atoms with Crippen LogP contribution in [0.25, 0.3) is 16.9 Å². The van der Waals surface area contributed by atoms with Gasteiger partial charge in [0.2, 0.25) is 0 Å². The van der Waals surface area contributed by atoms with Crippen molar-refractivity contribution in [2.75, 3.05) is 11.1 Å². The number of benzene rings is 1. The number of pyridine rings is 2. The van der Waals surface area contributed by atoms with Crippen LogP contribution in [-0.2, 0) is 6.54 Å². The largest absolute Gasteiger partial charge is 0.397 e. The van der Waals surface area contributed by atoms with Crippen molar-refractivity contribution >= 4 is 29.4 Å². The molecule has 0 saturated heterocycles. The number of nitrogen functional groups attached to an aromatic ring is 1. The molecule has 29 heavy (non-hydrogen) atoms. The van der Waals surface area contributed by atoms with Crippen LogP contribution >= 0.6 is 12.4 Å². The van der Waals surface area contributed by atoms with E-state index < -0.39 is 0 Å². The molecule has 3 aromatic heterocycles. The molecule has 0 amide bonds. The Morgan fingerprint density at radius 1 is 1.03 bits per heavy atom. The summed E-state index contributed by atoms with van der Waals surface area (Å²) in [6.07, 6.45) is 3.78. The van der Waals surface area contributed by atoms with Crippen molar-refractivity contribution in [3.8, 4) is 11.3 Å². The summed E-state index contributed by atoms with van der Waals surface area (Å²) >= 11 is 0. The number of fused-ring (bicyclic) bond motifs is 1. The van der Waals surface area contributed by atoms with Gasteiger partial charge in [-0.3, -0.25) is 4.98 Å². The smallest absolute Gasteiger partial charge is 0.160 e. The Kier molecular flexibility index (Phi) is 5.80. The summed E-state index contributed by atoms with van der Waals surface area (Å²) in [5.41, 5.74) is 16.3. The molecular weight excluding hydrogens is 382 g/mol. The fraction of sp³-hybridized carbons (Fsp3) is 0.217. The van der Waals surface area contributed by atoms with Crippen LogP contribution in [0.1, 0.15) is 28.1 Å². The number of nitrogens with zero attached hydrogens (tertiary/aromatic N) is 3. The molecule has 0 aliphatic carbocycles. The summed E-state index contributed by atoms with van der Waals surface area (Å²) in [5, 5.41) is 3.61. The molecule has 5 nitrogen and oxygen atoms in total. The molecule has 0 fully saturated rings. The third kappa shape index (κ3) is 3.91. The summed E-state index contributed by atoms with van der Waals surface area (Å²) in [6.45, 7) is 9.18. The highest BCUT2D eigenvalue weighted by Crippen LogP contribution is 2.28. The number of hydrogen-bond donors (Lipinski definition) is 2. The molecule has 0 aliphatic rings. The first-order chi connectivity index (χ1) is 13.4. The zero-order chi connectivity index (χ0) is 19.8. The van der Waals surface area contributed by atoms with Crippen LogP contribution in [0.4, 0.5) is 11.4 Å². The lowest BCUT2D eigenvalue weighted by Crippen LogP contribution is -2.05. The Hall–Kier alpha value is -3.05. The molecule has 0 aliphatic heterocycles. The molecule has 0 saturated carbocycles. The van der Waals surface area contributed by atoms with E-state index in [2.05, 4.69) is 65.9 Å². The van der Waals surface area contributed by atoms with Gasteiger partial charge in [-0.05, 0) is 62.6 Å². The van der Waals surface area contributed by atoms with Crippen LogP contribution in [0.15, 0.2) is 48.8 Å². The van der Waals surface area contributed by atoms with Crippen molar-refractivity contribution in [2.24, 2.45) is 0 Å². The Morgan fingerprint density at radius 3 is 2.41 bits per heavy atom. The SMILES string of the molecule is Cc1cccc(C)c1CNc1cc(-c2ccc(N)cn2)cn2c(C)c(C)nc12.Cl. The quantitative estimate of drug-likeness (QED) is 0.485. The Morgan fingerprint density at radius 2 is 1.76 bits per heavy atom. The molecule has 0 unspecified atom stereocenters. The fourth-order valence-electron chi connectivity index (χ4n) is 3.53. The van der Waals surface area contributed by atoms with E-state index >= 15 is 0 Å². The van der Waals surface area contributed by atoms with E-state index in [1.165, 1.54) is 16.7 Å². The molecule has 6 heteroatoms. The summed E-state index contributed by atoms with van der Waals surface area (Å²) in [5.74, 6) is 0. The first-order valence-electron chi connectivity index (χ1n) is 9.44. The van der Waals surface area contributed by atoms with Crippen LogP contribution in [0, 0.1) is 27.7 Å². The van der Waals surface area contributed by atoms with Crippen LogP contribution in [0.5, 0.6) is 0 Å². The second-order valence-electron chi connectivity index (χ2n) is 7.32. The molecular formula is C23H26ClN5. The van der Waals surface area contributed by atoms with Crippen molar-refractivity contribution in [3.63, 3.8) is 0 Å². The van der Waals surface area contributed by atoms with Gasteiger partial charge in [-0.15, -0.1) is 12.4 Å². The lowest BCUT2D eigenvalue weighted by molar-refractivity contribution is 1.07. The lowest BCUT2D eigenvalue weighted by Gasteiger charge is -2.14. The van der Waals surface area contributed by atoms with Gasteiger partial charge in [0.1, 0.15) is 0 Å². The number of aryl methyl sites for hydroxylation is 4. The summed E-state index contributed by atoms with van der Waals surface area (Å²) in [6, 6.07) is 12.3. The van der Waals surface area contributed by atoms with Gasteiger partial charge in [0.15, 0.2) is 5.65 Å². The highest BCUT2D eigenvalue weighted by molar-refractivity contribution is 5.85. The first kappa shape index (κ1) is 20.7. The van der Waals surface area contributed by atoms with Crippen molar-refractivity contribution in [1.82, 2.24) is 14.4 Å². The maximum absolute atomic E-state index is 5.80. The van der Waals surface area contributed by atoms with E-state index in [0.717, 1.165) is 40.5 Å². The highest BCUT2D eigenvalue weighted by Gasteiger charge is 2.13. The summed E-state index contributed by atoms with van der Waals surface area (Å²) < 4.78 is 2.13. The van der Waals surface area contributed by atoms with Gasteiger partial charge in [0.25, 0.3) is 0 Å². The Labute approximate surface area is 177 Å². The second kappa shape index (κ2) is 8.13. The maximum atomic E-state index is 5.80. The number of imidazole rings is 1. The second-order valence-corrected chi connectivity index (χ2v) is 7.32. The van der Waals surface area contributed by atoms with Gasteiger partial charge in [0.05, 0.1) is 29.0 Å². The summed E-state index contributed by atoms with van der Waals surface area (Å²) in [4.78, 5) is 9.27. The van der Waals surface area contributed by atoms with Gasteiger partial charge in [0, 0.05) is 24.0 Å². The topological polar surface area (TPSA) is 68.2 Å². The predicted molar refractivity (Wildman–Crippen MR) is 123 cm³/mol. The third-order valence-corrected chi connectivity index (χ3v) is 5.38. The van der Waals surface area contributed by atoms with E-state index in [1.54, 1.807) is 6.20 Å². The number of anilines is 2. The van der Waals surface area contributed by atoms with Crippen LogP contribution in [-0.4, -0.2) is 14.4 Å². The van der Waals surface area contributed by atoms with E-state index in [4.69, 9.17) is 10.7 Å². The minimum Gasteiger partial charge on any atom is -0.397 e. The Bertz CT molecular complexity index is 1140. The summed E-state index contributed by atoms with van der Waals surface area (Å²) in [7, 11) is 0. The van der Waals surface area contributed by atoms with Gasteiger partial charge >= 0.3 is 0 Å². The van der Waals surface area contributed by atoms with Crippen LogP contribution in [0.3, 0.4) is 0 Å². The molecule has 0 bridgehead atoms. The molecule has 1 aromatic carbocycles. The molecule has 3 N–H and O–H groups in total. The molecule has 0 radical (unpaired) electrons. The standard InChI is InChI=1S/C23H25N5.ClH/c1-14-6-5-7-15(2)20(14)12-26-22-10-18(21-9-8-19(24)11-25-21)13-28-17(4)16(3)27-23(22)28;/h5-11,13,26H,12,24H2,1-4H3;1H. The number of rotatable bonds is 4. The van der Waals surface area contributed by atoms with Crippen molar-refractivity contribution < 1.29 is 0 Å². The normalized spacial score (nSPS) is 10.8. The zero-order valence-corrected chi connectivity index (χ0v) is 18.0. The molecule has 3 heterocycles. The first-order valence-corrected chi connectivity index (χ1v) is 9.44. The molecule has 0 spiro atoms. The number of hydrogen-bond acceptors (Lipinski definition) is 4. The van der Waals surface area contributed by atoms with Crippen LogP contribution < -0.4 is 11.1 Å². The van der Waals surface area contributed by atoms with Crippen molar-refractivity contribution in [3.05, 3.63) is 76.9 Å². The van der Waals surface area contributed by atoms with Gasteiger partial charge < -0.3 is 15.5 Å². The van der Waals surface area contributed by atoms with E-state index in [-0.39, 0.29) is 12.4 Å². The molecule has 4 rings (SSSR count). The molecule has 150 valence electrons. The molecule has 4 aromatic rings. The average Bonchev–Trinajstić information content (AvgIpc) is 2.96. The lowest BCUT2D eigenvalue weighted by atomic mass is 10.0. The monoisotopic (exact) mass is 407 g/mol. The van der Waals surface area contributed by atoms with Crippen molar-refractivity contribution in [2.45, 2.75) is 34.2 Å². The third-order valence-electron chi connectivity index (χ3n) is 5.38. The van der Waals surface area contributed by atoms with Gasteiger partial charge in [-0.25, -0.2) is 4.98 Å². The van der Waals surface area contributed by atoms with E-state index in [9.17, 15) is 0 Å². The van der Waals surface area contributed by atoms with Crippen LogP contribution in [0.2, 0.25) is 0 Å². The van der Waals surface area contributed by atoms with Gasteiger partial charge in [-0.1, -0.05) is 18.2 Å². The highest BCUT2D eigenvalue weighted by atomic mass is 35.5. The fourth-order valence-corrected chi connectivity index (χ4v) is 3.53. The zero-order valence-electron chi connectivity index (χ0n) is 17.2. The Balaban J connectivity index is 0.00000240. The molecule has 0 atom stereocenters. The van der Waals surface area contributed by atoms with E-state index in [1.807, 2.05) is 19.1 Å². The van der Waals surface area contributed by atoms with Gasteiger partial charge in [-0.2, -0.15) is 0 Å².